The highest BCUT2D eigenvalue weighted by molar-refractivity contribution is 5.71. The molecule has 0 rings (SSSR count). The number of ether oxygens (including phenoxy) is 3. The van der Waals surface area contributed by atoms with Crippen LogP contribution in [0.5, 0.6) is 0 Å². The second-order valence-corrected chi connectivity index (χ2v) is 21.4. The summed E-state index contributed by atoms with van der Waals surface area (Å²) in [5.74, 6) is 0.911. The second kappa shape index (κ2) is 52.8. The van der Waals surface area contributed by atoms with Crippen molar-refractivity contribution in [2.24, 2.45) is 11.8 Å². The Balaban J connectivity index is 4.23. The van der Waals surface area contributed by atoms with Crippen molar-refractivity contribution in [3.63, 3.8) is 0 Å². The van der Waals surface area contributed by atoms with Crippen LogP contribution in [0.4, 0.5) is 0 Å². The summed E-state index contributed by atoms with van der Waals surface area (Å²) in [6.45, 7) is 11.5. The van der Waals surface area contributed by atoms with Crippen LogP contribution in [-0.2, 0) is 28.6 Å². The fraction of sp³-hybridized carbons (Fsp3) is 0.950. The molecule has 0 aliphatic heterocycles. The summed E-state index contributed by atoms with van der Waals surface area (Å²) >= 11 is 0. The molecule has 0 amide bonds. The van der Waals surface area contributed by atoms with Gasteiger partial charge in [-0.25, -0.2) is 0 Å². The van der Waals surface area contributed by atoms with Gasteiger partial charge < -0.3 is 14.2 Å². The van der Waals surface area contributed by atoms with Crippen LogP contribution in [0.1, 0.15) is 336 Å². The lowest BCUT2D eigenvalue weighted by Gasteiger charge is -2.18. The average molecular weight is 934 g/mol. The summed E-state index contributed by atoms with van der Waals surface area (Å²) in [6.07, 6.45) is 56.6. The standard InChI is InChI=1S/C60H116O6/c1-6-8-9-10-11-12-23-32-37-42-47-52-60(63)66-57(54-65-59(62)51-46-41-36-31-27-22-18-17-20-25-29-34-39-44-49-56(5)7-2)53-64-58(61)50-45-40-35-30-26-21-16-14-13-15-19-24-28-33-38-43-48-55(3)4/h55-57H,6-54H2,1-5H3/t56?,57-/m0/s1. The molecule has 0 aliphatic carbocycles. The molecule has 0 aromatic rings. The highest BCUT2D eigenvalue weighted by Crippen LogP contribution is 2.19. The van der Waals surface area contributed by atoms with Crippen molar-refractivity contribution in [2.45, 2.75) is 343 Å². The van der Waals surface area contributed by atoms with Crippen molar-refractivity contribution in [1.29, 1.82) is 0 Å². The molecule has 1 unspecified atom stereocenters. The molecule has 0 aliphatic rings. The number of rotatable bonds is 54. The minimum Gasteiger partial charge on any atom is -0.462 e. The SMILES string of the molecule is CCCCCCCCCCCCCC(=O)O[C@@H](COC(=O)CCCCCCCCCCCCCCCCCCC(C)C)COC(=O)CCCCCCCCCCCCCCCCC(C)CC. The Morgan fingerprint density at radius 2 is 0.576 bits per heavy atom. The summed E-state index contributed by atoms with van der Waals surface area (Å²) < 4.78 is 16.9. The van der Waals surface area contributed by atoms with Crippen molar-refractivity contribution in [2.75, 3.05) is 13.2 Å². The largest absolute Gasteiger partial charge is 0.462 e. The normalized spacial score (nSPS) is 12.5. The van der Waals surface area contributed by atoms with Crippen LogP contribution in [0.2, 0.25) is 0 Å². The minimum atomic E-state index is -0.762. The average Bonchev–Trinajstić information content (AvgIpc) is 3.30. The van der Waals surface area contributed by atoms with Gasteiger partial charge in [0, 0.05) is 19.3 Å². The molecule has 0 saturated carbocycles. The molecule has 0 fully saturated rings. The molecule has 66 heavy (non-hydrogen) atoms. The predicted octanol–water partition coefficient (Wildman–Crippen LogP) is 19.7. The predicted molar refractivity (Wildman–Crippen MR) is 284 cm³/mol. The number of esters is 3. The molecule has 2 atom stereocenters. The molecule has 0 radical (unpaired) electrons. The lowest BCUT2D eigenvalue weighted by Crippen LogP contribution is -2.30. The van der Waals surface area contributed by atoms with Crippen molar-refractivity contribution in [1.82, 2.24) is 0 Å². The van der Waals surface area contributed by atoms with Crippen LogP contribution in [0.25, 0.3) is 0 Å². The molecular weight excluding hydrogens is 817 g/mol. The van der Waals surface area contributed by atoms with Gasteiger partial charge in [0.15, 0.2) is 6.10 Å². The topological polar surface area (TPSA) is 78.9 Å². The number of hydrogen-bond acceptors (Lipinski definition) is 6. The third kappa shape index (κ3) is 51.8. The molecule has 0 bridgehead atoms. The van der Waals surface area contributed by atoms with E-state index in [-0.39, 0.29) is 31.1 Å². The molecule has 6 heteroatoms. The first kappa shape index (κ1) is 64.4. The molecule has 6 nitrogen and oxygen atoms in total. The Morgan fingerprint density at radius 3 is 0.864 bits per heavy atom. The maximum absolute atomic E-state index is 12.8. The Kier molecular flexibility index (Phi) is 51.5. The highest BCUT2D eigenvalue weighted by Gasteiger charge is 2.19. The molecule has 0 spiro atoms. The van der Waals surface area contributed by atoms with Crippen LogP contribution in [-0.4, -0.2) is 37.2 Å². The maximum atomic E-state index is 12.8. The van der Waals surface area contributed by atoms with Gasteiger partial charge in [-0.1, -0.05) is 298 Å². The van der Waals surface area contributed by atoms with E-state index in [1.54, 1.807) is 0 Å². The van der Waals surface area contributed by atoms with Gasteiger partial charge in [0.1, 0.15) is 13.2 Å². The summed E-state index contributed by atoms with van der Waals surface area (Å²) in [5, 5.41) is 0. The first-order valence-electron chi connectivity index (χ1n) is 29.8. The number of carbonyl (C=O) groups is 3. The van der Waals surface area contributed by atoms with E-state index < -0.39 is 6.10 Å². The van der Waals surface area contributed by atoms with E-state index in [1.165, 1.54) is 225 Å². The van der Waals surface area contributed by atoms with E-state index >= 15 is 0 Å². The summed E-state index contributed by atoms with van der Waals surface area (Å²) in [5.41, 5.74) is 0. The van der Waals surface area contributed by atoms with Gasteiger partial charge >= 0.3 is 17.9 Å². The van der Waals surface area contributed by atoms with E-state index in [4.69, 9.17) is 14.2 Å². The fourth-order valence-electron chi connectivity index (χ4n) is 9.20. The van der Waals surface area contributed by atoms with E-state index in [9.17, 15) is 14.4 Å². The van der Waals surface area contributed by atoms with E-state index in [1.807, 2.05) is 0 Å². The van der Waals surface area contributed by atoms with Crippen molar-refractivity contribution in [3.05, 3.63) is 0 Å². The van der Waals surface area contributed by atoms with Crippen LogP contribution in [0.15, 0.2) is 0 Å². The molecule has 0 aromatic heterocycles. The number of hydrogen-bond donors (Lipinski definition) is 0. The van der Waals surface area contributed by atoms with Gasteiger partial charge in [0.2, 0.25) is 0 Å². The van der Waals surface area contributed by atoms with Crippen LogP contribution in [0, 0.1) is 11.8 Å². The molecule has 0 saturated heterocycles. The first-order valence-corrected chi connectivity index (χ1v) is 29.8. The smallest absolute Gasteiger partial charge is 0.306 e. The summed E-state index contributed by atoms with van der Waals surface area (Å²) in [6, 6.07) is 0. The quantitative estimate of drug-likeness (QED) is 0.0343. The molecule has 0 heterocycles. The van der Waals surface area contributed by atoms with E-state index in [2.05, 4.69) is 34.6 Å². The number of carbonyl (C=O) groups excluding carboxylic acids is 3. The van der Waals surface area contributed by atoms with Gasteiger partial charge in [-0.05, 0) is 31.1 Å². The van der Waals surface area contributed by atoms with Gasteiger partial charge in [0.25, 0.3) is 0 Å². The Morgan fingerprint density at radius 1 is 0.318 bits per heavy atom. The van der Waals surface area contributed by atoms with Gasteiger partial charge in [0.05, 0.1) is 0 Å². The number of unbranched alkanes of at least 4 members (excludes halogenated alkanes) is 38. The Bertz CT molecular complexity index is 1010. The van der Waals surface area contributed by atoms with Crippen LogP contribution < -0.4 is 0 Å². The van der Waals surface area contributed by atoms with Gasteiger partial charge in [-0.3, -0.25) is 14.4 Å². The van der Waals surface area contributed by atoms with Gasteiger partial charge in [-0.2, -0.15) is 0 Å². The van der Waals surface area contributed by atoms with Gasteiger partial charge in [-0.15, -0.1) is 0 Å². The van der Waals surface area contributed by atoms with E-state index in [0.29, 0.717) is 19.3 Å². The zero-order valence-corrected chi connectivity index (χ0v) is 45.3. The second-order valence-electron chi connectivity index (χ2n) is 21.4. The zero-order chi connectivity index (χ0) is 48.2. The van der Waals surface area contributed by atoms with Crippen LogP contribution in [0.3, 0.4) is 0 Å². The highest BCUT2D eigenvalue weighted by atomic mass is 16.6. The molecule has 392 valence electrons. The van der Waals surface area contributed by atoms with Crippen molar-refractivity contribution in [3.8, 4) is 0 Å². The molecular formula is C60H116O6. The Hall–Kier alpha value is -1.59. The zero-order valence-electron chi connectivity index (χ0n) is 45.3. The van der Waals surface area contributed by atoms with Crippen molar-refractivity contribution < 1.29 is 28.6 Å². The third-order valence-corrected chi connectivity index (χ3v) is 14.1. The third-order valence-electron chi connectivity index (χ3n) is 14.1. The lowest BCUT2D eigenvalue weighted by atomic mass is 9.99. The lowest BCUT2D eigenvalue weighted by molar-refractivity contribution is -0.167. The maximum Gasteiger partial charge on any atom is 0.306 e. The monoisotopic (exact) mass is 933 g/mol. The molecule has 0 N–H and O–H groups in total. The van der Waals surface area contributed by atoms with Crippen LogP contribution >= 0.6 is 0 Å². The summed E-state index contributed by atoms with van der Waals surface area (Å²) in [4.78, 5) is 38.1. The molecule has 0 aromatic carbocycles. The summed E-state index contributed by atoms with van der Waals surface area (Å²) in [7, 11) is 0. The first-order chi connectivity index (χ1) is 32.3. The fourth-order valence-corrected chi connectivity index (χ4v) is 9.20. The van der Waals surface area contributed by atoms with Crippen molar-refractivity contribution >= 4 is 17.9 Å². The Labute approximate surface area is 412 Å². The minimum absolute atomic E-state index is 0.0624. The van der Waals surface area contributed by atoms with E-state index in [0.717, 1.165) is 69.6 Å².